The van der Waals surface area contributed by atoms with Crippen molar-refractivity contribution in [2.45, 2.75) is 52.0 Å². The number of unbranched alkanes of at least 4 members (excludes halogenated alkanes) is 2. The molecule has 0 aliphatic heterocycles. The van der Waals surface area contributed by atoms with Crippen molar-refractivity contribution >= 4 is 18.2 Å². The fourth-order valence-electron chi connectivity index (χ4n) is 2.72. The molecule has 1 aromatic rings. The Hall–Kier alpha value is -2.84. The second kappa shape index (κ2) is 13.4. The fourth-order valence-corrected chi connectivity index (χ4v) is 2.72. The lowest BCUT2D eigenvalue weighted by Gasteiger charge is -2.31. The van der Waals surface area contributed by atoms with Crippen LogP contribution in [-0.4, -0.2) is 43.5 Å². The molecule has 0 aliphatic rings. The van der Waals surface area contributed by atoms with Crippen LogP contribution in [0, 0.1) is 5.82 Å². The van der Waals surface area contributed by atoms with Gasteiger partial charge >= 0.3 is 18.2 Å². The summed E-state index contributed by atoms with van der Waals surface area (Å²) in [6.07, 6.45) is 1.22. The number of amides is 2. The number of carbonyl (C=O) groups is 3. The van der Waals surface area contributed by atoms with Gasteiger partial charge in [-0.25, -0.2) is 24.4 Å². The third-order valence-corrected chi connectivity index (χ3v) is 4.10. The number of ether oxygens (including phenoxy) is 3. The summed E-state index contributed by atoms with van der Waals surface area (Å²) < 4.78 is 27.9. The summed E-state index contributed by atoms with van der Waals surface area (Å²) in [4.78, 5) is 35.6. The summed E-state index contributed by atoms with van der Waals surface area (Å²) in [6.45, 7) is 3.56. The Morgan fingerprint density at radius 2 is 1.69 bits per heavy atom. The largest absolute Gasteiger partial charge is 0.469 e. The average molecular weight is 412 g/mol. The van der Waals surface area contributed by atoms with Gasteiger partial charge in [0.05, 0.1) is 26.4 Å². The lowest BCUT2D eigenvalue weighted by atomic mass is 9.99. The minimum atomic E-state index is -0.793. The zero-order chi connectivity index (χ0) is 21.6. The molecule has 0 spiro atoms. The number of nitrogens with one attached hydrogen (secondary N) is 1. The Morgan fingerprint density at radius 3 is 2.28 bits per heavy atom. The summed E-state index contributed by atoms with van der Waals surface area (Å²) in [5.74, 6) is -0.691. The lowest BCUT2D eigenvalue weighted by Crippen LogP contribution is -2.48. The number of esters is 1. The molecule has 1 aromatic carbocycles. The highest BCUT2D eigenvalue weighted by atomic mass is 19.1. The third kappa shape index (κ3) is 8.80. The molecule has 1 atom stereocenters. The number of nitrogens with zero attached hydrogens (tertiary/aromatic N) is 1. The van der Waals surface area contributed by atoms with E-state index in [1.807, 2.05) is 0 Å². The van der Waals surface area contributed by atoms with Gasteiger partial charge in [0.2, 0.25) is 0 Å². The fraction of sp³-hybridized carbons (Fsp3) is 0.550. The molecule has 29 heavy (non-hydrogen) atoms. The van der Waals surface area contributed by atoms with Crippen LogP contribution in [0.2, 0.25) is 0 Å². The number of carbonyl (C=O) groups excluding carboxylic acids is 3. The SMILES string of the molecule is CCOC(=O)NN(C(=O)OCC)C(CCCCCC(=O)OC)c1ccc(F)cc1. The Balaban J connectivity index is 2.96. The van der Waals surface area contributed by atoms with Crippen molar-refractivity contribution in [2.24, 2.45) is 0 Å². The van der Waals surface area contributed by atoms with Gasteiger partial charge in [0.1, 0.15) is 5.82 Å². The van der Waals surface area contributed by atoms with Crippen LogP contribution in [0.25, 0.3) is 0 Å². The average Bonchev–Trinajstić information content (AvgIpc) is 2.70. The van der Waals surface area contributed by atoms with E-state index < -0.39 is 24.0 Å². The molecule has 0 radical (unpaired) electrons. The number of hydrogen-bond acceptors (Lipinski definition) is 6. The molecule has 0 saturated heterocycles. The van der Waals surface area contributed by atoms with E-state index in [0.29, 0.717) is 37.7 Å². The van der Waals surface area contributed by atoms with Crippen molar-refractivity contribution in [2.75, 3.05) is 20.3 Å². The van der Waals surface area contributed by atoms with Gasteiger partial charge in [0, 0.05) is 6.42 Å². The molecule has 1 unspecified atom stereocenters. The second-order valence-electron chi connectivity index (χ2n) is 6.14. The van der Waals surface area contributed by atoms with Gasteiger partial charge in [-0.05, 0) is 44.4 Å². The molecular formula is C20H29FN2O6. The van der Waals surface area contributed by atoms with E-state index in [2.05, 4.69) is 10.2 Å². The van der Waals surface area contributed by atoms with Crippen molar-refractivity contribution < 1.29 is 33.0 Å². The number of halogens is 1. The topological polar surface area (TPSA) is 94.2 Å². The molecule has 0 saturated carbocycles. The molecule has 8 nitrogen and oxygen atoms in total. The van der Waals surface area contributed by atoms with Crippen molar-refractivity contribution in [1.29, 1.82) is 0 Å². The van der Waals surface area contributed by atoms with Gasteiger partial charge in [0.25, 0.3) is 0 Å². The van der Waals surface area contributed by atoms with Crippen LogP contribution < -0.4 is 5.43 Å². The minimum absolute atomic E-state index is 0.120. The lowest BCUT2D eigenvalue weighted by molar-refractivity contribution is -0.140. The van der Waals surface area contributed by atoms with Crippen molar-refractivity contribution in [3.63, 3.8) is 0 Å². The molecule has 0 aliphatic carbocycles. The summed E-state index contributed by atoms with van der Waals surface area (Å²) in [5, 5.41) is 1.06. The van der Waals surface area contributed by atoms with Gasteiger partial charge in [-0.1, -0.05) is 25.0 Å². The van der Waals surface area contributed by atoms with Crippen LogP contribution in [0.1, 0.15) is 57.6 Å². The van der Waals surface area contributed by atoms with E-state index in [1.165, 1.54) is 19.2 Å². The standard InChI is InChI=1S/C20H29FN2O6/c1-4-28-19(25)22-23(20(26)29-5-2)17(15-11-13-16(21)14-12-15)9-7-6-8-10-18(24)27-3/h11-14,17H,4-10H2,1-3H3,(H,22,25). The Labute approximate surface area is 170 Å². The second-order valence-corrected chi connectivity index (χ2v) is 6.14. The Morgan fingerprint density at radius 1 is 1.03 bits per heavy atom. The first-order valence-corrected chi connectivity index (χ1v) is 9.64. The highest BCUT2D eigenvalue weighted by Crippen LogP contribution is 2.27. The maximum Gasteiger partial charge on any atom is 0.429 e. The molecule has 1 rings (SSSR count). The van der Waals surface area contributed by atoms with E-state index in [4.69, 9.17) is 9.47 Å². The number of benzene rings is 1. The van der Waals surface area contributed by atoms with Crippen molar-refractivity contribution in [1.82, 2.24) is 10.4 Å². The smallest absolute Gasteiger partial charge is 0.429 e. The predicted octanol–water partition coefficient (Wildman–Crippen LogP) is 4.11. The first-order valence-electron chi connectivity index (χ1n) is 9.64. The first-order chi connectivity index (χ1) is 13.9. The van der Waals surface area contributed by atoms with Crippen LogP contribution >= 0.6 is 0 Å². The Kier molecular flexibility index (Phi) is 11.1. The number of methoxy groups -OCH3 is 1. The molecular weight excluding hydrogens is 383 g/mol. The summed E-state index contributed by atoms with van der Waals surface area (Å²) in [5.41, 5.74) is 3.04. The van der Waals surface area contributed by atoms with Crippen LogP contribution in [0.5, 0.6) is 0 Å². The van der Waals surface area contributed by atoms with E-state index in [9.17, 15) is 18.8 Å². The number of rotatable bonds is 10. The molecule has 1 N–H and O–H groups in total. The maximum atomic E-state index is 13.4. The van der Waals surface area contributed by atoms with E-state index in [-0.39, 0.29) is 19.2 Å². The van der Waals surface area contributed by atoms with Crippen LogP contribution in [0.4, 0.5) is 14.0 Å². The van der Waals surface area contributed by atoms with Crippen molar-refractivity contribution in [3.8, 4) is 0 Å². The van der Waals surface area contributed by atoms with Gasteiger partial charge in [-0.3, -0.25) is 4.79 Å². The molecule has 2 amide bonds. The van der Waals surface area contributed by atoms with Gasteiger partial charge in [-0.2, -0.15) is 0 Å². The normalized spacial score (nSPS) is 11.3. The third-order valence-electron chi connectivity index (χ3n) is 4.10. The zero-order valence-corrected chi connectivity index (χ0v) is 17.1. The van der Waals surface area contributed by atoms with Crippen molar-refractivity contribution in [3.05, 3.63) is 35.6 Å². The minimum Gasteiger partial charge on any atom is -0.469 e. The maximum absolute atomic E-state index is 13.4. The number of hydrazine groups is 1. The summed E-state index contributed by atoms with van der Waals surface area (Å²) in [6, 6.07) is 5.07. The zero-order valence-electron chi connectivity index (χ0n) is 17.1. The highest BCUT2D eigenvalue weighted by molar-refractivity contribution is 5.74. The molecule has 9 heteroatoms. The van der Waals surface area contributed by atoms with E-state index >= 15 is 0 Å². The van der Waals surface area contributed by atoms with Gasteiger partial charge in [0.15, 0.2) is 0 Å². The van der Waals surface area contributed by atoms with E-state index in [0.717, 1.165) is 5.01 Å². The summed E-state index contributed by atoms with van der Waals surface area (Å²) in [7, 11) is 1.34. The molecule has 0 bridgehead atoms. The van der Waals surface area contributed by atoms with Gasteiger partial charge in [-0.15, -0.1) is 0 Å². The van der Waals surface area contributed by atoms with Crippen LogP contribution in [0.3, 0.4) is 0 Å². The summed E-state index contributed by atoms with van der Waals surface area (Å²) >= 11 is 0. The van der Waals surface area contributed by atoms with Gasteiger partial charge < -0.3 is 14.2 Å². The Bertz CT molecular complexity index is 653. The highest BCUT2D eigenvalue weighted by Gasteiger charge is 2.28. The monoisotopic (exact) mass is 412 g/mol. The molecule has 0 heterocycles. The molecule has 0 fully saturated rings. The van der Waals surface area contributed by atoms with Crippen LogP contribution in [0.15, 0.2) is 24.3 Å². The predicted molar refractivity (Wildman–Crippen MR) is 103 cm³/mol. The first kappa shape index (κ1) is 24.2. The molecule has 162 valence electrons. The molecule has 0 aromatic heterocycles. The van der Waals surface area contributed by atoms with Crippen LogP contribution in [-0.2, 0) is 19.0 Å². The van der Waals surface area contributed by atoms with E-state index in [1.54, 1.807) is 26.0 Å². The number of hydrogen-bond donors (Lipinski definition) is 1. The quantitative estimate of drug-likeness (QED) is 0.269.